The quantitative estimate of drug-likeness (QED) is 0.209. The summed E-state index contributed by atoms with van der Waals surface area (Å²) in [5.41, 5.74) is 3.14. The van der Waals surface area contributed by atoms with E-state index in [0.717, 1.165) is 42.4 Å². The van der Waals surface area contributed by atoms with Crippen LogP contribution in [0.3, 0.4) is 0 Å². The summed E-state index contributed by atoms with van der Waals surface area (Å²) in [6.45, 7) is 0. The highest BCUT2D eigenvalue weighted by atomic mass is 79.9. The lowest BCUT2D eigenvalue weighted by Gasteiger charge is -2.17. The van der Waals surface area contributed by atoms with Crippen LogP contribution in [0, 0.1) is 0 Å². The van der Waals surface area contributed by atoms with E-state index < -0.39 is 11.7 Å². The van der Waals surface area contributed by atoms with E-state index in [0.29, 0.717) is 11.3 Å². The van der Waals surface area contributed by atoms with Gasteiger partial charge in [0, 0.05) is 25.3 Å². The Hall–Kier alpha value is -2.57. The second kappa shape index (κ2) is 7.53. The molecule has 5 aromatic rings. The number of aromatic nitrogens is 1. The number of halogens is 5. The van der Waals surface area contributed by atoms with Crippen molar-refractivity contribution < 1.29 is 13.2 Å². The van der Waals surface area contributed by atoms with Crippen LogP contribution in [0.4, 0.5) is 13.2 Å². The van der Waals surface area contributed by atoms with E-state index >= 15 is 0 Å². The zero-order chi connectivity index (χ0) is 21.8. The summed E-state index contributed by atoms with van der Waals surface area (Å²) in [6, 6.07) is 25.1. The van der Waals surface area contributed by atoms with Crippen molar-refractivity contribution in [2.24, 2.45) is 0 Å². The van der Waals surface area contributed by atoms with Crippen molar-refractivity contribution in [1.82, 2.24) is 4.57 Å². The first-order valence-corrected chi connectivity index (χ1v) is 11.1. The van der Waals surface area contributed by atoms with E-state index in [1.807, 2.05) is 71.3 Å². The van der Waals surface area contributed by atoms with Gasteiger partial charge >= 0.3 is 6.18 Å². The third-order valence-electron chi connectivity index (χ3n) is 5.34. The van der Waals surface area contributed by atoms with Crippen molar-refractivity contribution in [3.63, 3.8) is 0 Å². The van der Waals surface area contributed by atoms with Gasteiger partial charge in [-0.1, -0.05) is 62.2 Å². The smallest absolute Gasteiger partial charge is 0.309 e. The Balaban J connectivity index is 1.91. The van der Waals surface area contributed by atoms with Gasteiger partial charge in [0.2, 0.25) is 0 Å². The molecule has 154 valence electrons. The molecule has 0 atom stereocenters. The minimum absolute atomic E-state index is 0.528. The van der Waals surface area contributed by atoms with Gasteiger partial charge in [-0.25, -0.2) is 0 Å². The molecule has 0 saturated heterocycles. The molecule has 5 rings (SSSR count). The molecular formula is C25H14Br2F3N. The van der Waals surface area contributed by atoms with Crippen LogP contribution in [0.2, 0.25) is 0 Å². The first-order chi connectivity index (χ1) is 14.8. The van der Waals surface area contributed by atoms with Gasteiger partial charge in [-0.15, -0.1) is 0 Å². The van der Waals surface area contributed by atoms with Crippen molar-refractivity contribution in [2.45, 2.75) is 6.18 Å². The van der Waals surface area contributed by atoms with Crippen molar-refractivity contribution in [3.8, 4) is 16.8 Å². The zero-order valence-corrected chi connectivity index (χ0v) is 19.1. The minimum atomic E-state index is -4.42. The van der Waals surface area contributed by atoms with Crippen LogP contribution in [0.25, 0.3) is 38.6 Å². The number of fused-ring (bicyclic) bond motifs is 3. The maximum absolute atomic E-state index is 13.5. The van der Waals surface area contributed by atoms with Crippen molar-refractivity contribution >= 4 is 53.7 Å². The Bertz CT molecular complexity index is 1380. The fourth-order valence-corrected chi connectivity index (χ4v) is 4.71. The van der Waals surface area contributed by atoms with Crippen molar-refractivity contribution in [3.05, 3.63) is 99.4 Å². The maximum atomic E-state index is 13.5. The third-order valence-corrected chi connectivity index (χ3v) is 6.33. The molecule has 0 fully saturated rings. The number of hydrogen-bond donors (Lipinski definition) is 0. The first kappa shape index (κ1) is 20.3. The Morgan fingerprint density at radius 2 is 1.23 bits per heavy atom. The predicted molar refractivity (Wildman–Crippen MR) is 127 cm³/mol. The second-order valence-corrected chi connectivity index (χ2v) is 9.09. The zero-order valence-electron chi connectivity index (χ0n) is 15.9. The van der Waals surface area contributed by atoms with Gasteiger partial charge in [0.05, 0.1) is 22.3 Å². The Morgan fingerprint density at radius 1 is 0.645 bits per heavy atom. The molecule has 6 heteroatoms. The molecule has 0 aliphatic heterocycles. The molecule has 0 bridgehead atoms. The fourth-order valence-electron chi connectivity index (χ4n) is 3.98. The van der Waals surface area contributed by atoms with Gasteiger partial charge in [0.15, 0.2) is 0 Å². The summed E-state index contributed by atoms with van der Waals surface area (Å²) in [4.78, 5) is 0. The molecule has 0 amide bonds. The van der Waals surface area contributed by atoms with Gasteiger partial charge in [0.25, 0.3) is 0 Å². The molecule has 0 saturated carbocycles. The van der Waals surface area contributed by atoms with E-state index in [4.69, 9.17) is 0 Å². The molecule has 31 heavy (non-hydrogen) atoms. The molecule has 4 aromatic carbocycles. The minimum Gasteiger partial charge on any atom is -0.309 e. The van der Waals surface area contributed by atoms with Gasteiger partial charge in [-0.05, 0) is 60.2 Å². The summed E-state index contributed by atoms with van der Waals surface area (Å²) in [5.74, 6) is 0. The van der Waals surface area contributed by atoms with Gasteiger partial charge in [0.1, 0.15) is 0 Å². The highest BCUT2D eigenvalue weighted by molar-refractivity contribution is 9.10. The summed E-state index contributed by atoms with van der Waals surface area (Å²) in [5, 5.41) is 2.04. The van der Waals surface area contributed by atoms with Crippen molar-refractivity contribution in [2.75, 3.05) is 0 Å². The number of rotatable bonds is 2. The summed E-state index contributed by atoms with van der Waals surface area (Å²) in [7, 11) is 0. The van der Waals surface area contributed by atoms with Crippen LogP contribution in [-0.2, 0) is 6.18 Å². The van der Waals surface area contributed by atoms with E-state index in [1.165, 1.54) is 6.07 Å². The summed E-state index contributed by atoms with van der Waals surface area (Å²) in [6.07, 6.45) is -4.42. The van der Waals surface area contributed by atoms with Gasteiger partial charge in [-0.2, -0.15) is 13.2 Å². The van der Waals surface area contributed by atoms with Crippen LogP contribution in [0.1, 0.15) is 5.56 Å². The summed E-state index contributed by atoms with van der Waals surface area (Å²) >= 11 is 7.08. The average molecular weight is 545 g/mol. The Labute approximate surface area is 193 Å². The molecule has 1 nitrogen and oxygen atoms in total. The third kappa shape index (κ3) is 3.58. The lowest BCUT2D eigenvalue weighted by Crippen LogP contribution is -2.06. The van der Waals surface area contributed by atoms with Gasteiger partial charge < -0.3 is 4.57 Å². The number of alkyl halides is 3. The van der Waals surface area contributed by atoms with E-state index in [9.17, 15) is 13.2 Å². The fraction of sp³-hybridized carbons (Fsp3) is 0.0400. The first-order valence-electron chi connectivity index (χ1n) is 9.49. The van der Waals surface area contributed by atoms with Crippen molar-refractivity contribution in [1.29, 1.82) is 0 Å². The molecule has 0 aliphatic carbocycles. The molecule has 1 aromatic heterocycles. The van der Waals surface area contributed by atoms with E-state index in [1.54, 1.807) is 6.07 Å². The number of nitrogens with zero attached hydrogens (tertiary/aromatic N) is 1. The van der Waals surface area contributed by atoms with Gasteiger partial charge in [-0.3, -0.25) is 0 Å². The van der Waals surface area contributed by atoms with Crippen LogP contribution in [0.15, 0.2) is 93.9 Å². The Morgan fingerprint density at radius 3 is 1.77 bits per heavy atom. The molecule has 0 radical (unpaired) electrons. The Kier molecular flexibility index (Phi) is 4.94. The number of hydrogen-bond acceptors (Lipinski definition) is 0. The van der Waals surface area contributed by atoms with E-state index in [2.05, 4.69) is 31.9 Å². The maximum Gasteiger partial charge on any atom is 0.416 e. The monoisotopic (exact) mass is 543 g/mol. The SMILES string of the molecule is FC(F)(F)c1ccc(-n2c3ccc(Br)cc3c3cc(Br)ccc32)c(-c2ccccc2)c1. The number of benzene rings is 4. The summed E-state index contributed by atoms with van der Waals surface area (Å²) < 4.78 is 44.5. The van der Waals surface area contributed by atoms with E-state index in [-0.39, 0.29) is 0 Å². The molecule has 0 aliphatic rings. The second-order valence-electron chi connectivity index (χ2n) is 7.25. The van der Waals surface area contributed by atoms with Crippen LogP contribution >= 0.6 is 31.9 Å². The van der Waals surface area contributed by atoms with Crippen LogP contribution in [-0.4, -0.2) is 4.57 Å². The van der Waals surface area contributed by atoms with Crippen LogP contribution in [0.5, 0.6) is 0 Å². The molecule has 0 spiro atoms. The highest BCUT2D eigenvalue weighted by Crippen LogP contribution is 2.40. The molecule has 1 heterocycles. The van der Waals surface area contributed by atoms with Crippen LogP contribution < -0.4 is 0 Å². The lowest BCUT2D eigenvalue weighted by molar-refractivity contribution is -0.137. The lowest BCUT2D eigenvalue weighted by atomic mass is 10.00. The largest absolute Gasteiger partial charge is 0.416 e. The standard InChI is InChI=1S/C25H14Br2F3N/c26-17-7-10-23-20(13-17)21-14-18(27)8-11-24(21)31(23)22-9-6-16(25(28,29)30)12-19(22)15-4-2-1-3-5-15/h1-14H. The molecule has 0 unspecified atom stereocenters. The normalized spacial score (nSPS) is 12.0. The predicted octanol–water partition coefficient (Wildman–Crippen LogP) is 8.99. The molecular weight excluding hydrogens is 531 g/mol. The topological polar surface area (TPSA) is 4.93 Å². The average Bonchev–Trinajstić information content (AvgIpc) is 3.06. The highest BCUT2D eigenvalue weighted by Gasteiger charge is 2.31. The molecule has 0 N–H and O–H groups in total.